The molecule has 1 aliphatic heterocycles. The fourth-order valence-electron chi connectivity index (χ4n) is 5.08. The van der Waals surface area contributed by atoms with Gasteiger partial charge in [0.1, 0.15) is 29.2 Å². The van der Waals surface area contributed by atoms with Gasteiger partial charge in [-0.2, -0.15) is 0 Å². The van der Waals surface area contributed by atoms with Gasteiger partial charge in [-0.15, -0.1) is 0 Å². The van der Waals surface area contributed by atoms with Gasteiger partial charge in [-0.1, -0.05) is 6.07 Å². The molecule has 3 aromatic rings. The first kappa shape index (κ1) is 25.8. The van der Waals surface area contributed by atoms with Gasteiger partial charge in [0.2, 0.25) is 0 Å². The number of ether oxygens (including phenoxy) is 3. The number of aliphatic carboxylic acids is 1. The van der Waals surface area contributed by atoms with Crippen LogP contribution in [0.3, 0.4) is 0 Å². The van der Waals surface area contributed by atoms with Crippen molar-refractivity contribution < 1.29 is 28.9 Å². The van der Waals surface area contributed by atoms with Crippen LogP contribution in [0.1, 0.15) is 51.3 Å². The highest BCUT2D eigenvalue weighted by atomic mass is 16.6. The molecule has 1 fully saturated rings. The van der Waals surface area contributed by atoms with E-state index in [0.717, 1.165) is 36.0 Å². The highest BCUT2D eigenvalue weighted by Gasteiger charge is 2.43. The summed E-state index contributed by atoms with van der Waals surface area (Å²) in [5, 5.41) is 10.6. The van der Waals surface area contributed by atoms with Crippen LogP contribution in [0.25, 0.3) is 22.3 Å². The molecule has 5 rings (SSSR count). The summed E-state index contributed by atoms with van der Waals surface area (Å²) >= 11 is 0. The van der Waals surface area contributed by atoms with Crippen LogP contribution in [0.15, 0.2) is 36.4 Å². The Hall–Kier alpha value is -3.88. The molecule has 1 saturated heterocycles. The molecule has 0 bridgehead atoms. The highest BCUT2D eigenvalue weighted by molar-refractivity contribution is 5.89. The summed E-state index contributed by atoms with van der Waals surface area (Å²) in [6.45, 7) is 5.34. The Morgan fingerprint density at radius 3 is 2.55 bits per heavy atom. The van der Waals surface area contributed by atoms with Crippen LogP contribution in [0.2, 0.25) is 0 Å². The van der Waals surface area contributed by atoms with Crippen LogP contribution in [-0.4, -0.2) is 63.4 Å². The number of carboxylic acid groups (broad SMARTS) is 1. The van der Waals surface area contributed by atoms with E-state index in [0.29, 0.717) is 22.7 Å². The molecule has 0 spiro atoms. The standard InChI is InChI=1S/C29H33N3O6/c1-29(2,3)38-28(35)32-16-19(14-25(32)27(33)34)37-26-15-24(31-23-13-18(36-4)10-11-20(23)26)22-12-9-17-7-5-6-8-21(17)30-22/h9-13,15,19,25H,5-8,14,16H2,1-4H3,(H,33,34)/t19-,25+/m1/s1. The quantitative estimate of drug-likeness (QED) is 0.500. The van der Waals surface area contributed by atoms with Gasteiger partial charge in [0, 0.05) is 29.6 Å². The topological polar surface area (TPSA) is 111 Å². The largest absolute Gasteiger partial charge is 0.497 e. The summed E-state index contributed by atoms with van der Waals surface area (Å²) < 4.78 is 17.3. The van der Waals surface area contributed by atoms with Crippen LogP contribution < -0.4 is 9.47 Å². The van der Waals surface area contributed by atoms with Crippen molar-refractivity contribution in [2.45, 2.75) is 70.6 Å². The number of carboxylic acids is 1. The summed E-state index contributed by atoms with van der Waals surface area (Å²) in [5.41, 5.74) is 3.74. The number of carbonyl (C=O) groups is 2. The second-order valence-electron chi connectivity index (χ2n) is 10.9. The first-order valence-corrected chi connectivity index (χ1v) is 13.0. The molecular weight excluding hydrogens is 486 g/mol. The number of aromatic nitrogens is 2. The Morgan fingerprint density at radius 1 is 1.03 bits per heavy atom. The van der Waals surface area contributed by atoms with E-state index in [2.05, 4.69) is 6.07 Å². The minimum atomic E-state index is -1.09. The maximum atomic E-state index is 12.8. The van der Waals surface area contributed by atoms with Crippen molar-refractivity contribution in [3.8, 4) is 22.9 Å². The van der Waals surface area contributed by atoms with Gasteiger partial charge in [-0.25, -0.2) is 14.6 Å². The van der Waals surface area contributed by atoms with Crippen molar-refractivity contribution in [1.82, 2.24) is 14.9 Å². The third-order valence-corrected chi connectivity index (χ3v) is 6.89. The minimum Gasteiger partial charge on any atom is -0.497 e. The van der Waals surface area contributed by atoms with Gasteiger partial charge >= 0.3 is 12.1 Å². The maximum absolute atomic E-state index is 12.8. The average molecular weight is 520 g/mol. The number of rotatable bonds is 5. The number of likely N-dealkylation sites (tertiary alicyclic amines) is 1. The van der Waals surface area contributed by atoms with Crippen LogP contribution in [0, 0.1) is 0 Å². The third-order valence-electron chi connectivity index (χ3n) is 6.89. The van der Waals surface area contributed by atoms with Gasteiger partial charge in [0.25, 0.3) is 0 Å². The molecule has 200 valence electrons. The molecule has 1 amide bonds. The first-order valence-electron chi connectivity index (χ1n) is 13.0. The molecule has 1 N–H and O–H groups in total. The zero-order valence-electron chi connectivity index (χ0n) is 22.2. The lowest BCUT2D eigenvalue weighted by atomic mass is 9.95. The normalized spacial score (nSPS) is 19.2. The van der Waals surface area contributed by atoms with Crippen LogP contribution >= 0.6 is 0 Å². The summed E-state index contributed by atoms with van der Waals surface area (Å²) in [6.07, 6.45) is 3.23. The number of fused-ring (bicyclic) bond motifs is 2. The molecule has 9 nitrogen and oxygen atoms in total. The van der Waals surface area contributed by atoms with Gasteiger partial charge in [-0.3, -0.25) is 9.88 Å². The van der Waals surface area contributed by atoms with E-state index in [1.807, 2.05) is 30.3 Å². The number of benzene rings is 1. The van der Waals surface area contributed by atoms with E-state index in [-0.39, 0.29) is 13.0 Å². The van der Waals surface area contributed by atoms with E-state index >= 15 is 0 Å². The average Bonchev–Trinajstić information content (AvgIpc) is 3.31. The number of methoxy groups -OCH3 is 1. The Balaban J connectivity index is 1.49. The molecular formula is C29H33N3O6. The lowest BCUT2D eigenvalue weighted by molar-refractivity contribution is -0.142. The molecule has 1 aromatic carbocycles. The maximum Gasteiger partial charge on any atom is 0.411 e. The molecule has 2 atom stereocenters. The summed E-state index contributed by atoms with van der Waals surface area (Å²) in [4.78, 5) is 35.8. The van der Waals surface area contributed by atoms with E-state index in [1.165, 1.54) is 16.9 Å². The Labute approximate surface area is 221 Å². The van der Waals surface area contributed by atoms with Crippen LogP contribution in [0.4, 0.5) is 4.79 Å². The number of pyridine rings is 2. The number of nitrogens with zero attached hydrogens (tertiary/aromatic N) is 3. The predicted molar refractivity (Wildman–Crippen MR) is 142 cm³/mol. The smallest absolute Gasteiger partial charge is 0.411 e. The van der Waals surface area contributed by atoms with Gasteiger partial charge in [0.15, 0.2) is 0 Å². The van der Waals surface area contributed by atoms with Crippen molar-refractivity contribution in [3.63, 3.8) is 0 Å². The van der Waals surface area contributed by atoms with Crippen molar-refractivity contribution in [2.24, 2.45) is 0 Å². The van der Waals surface area contributed by atoms with E-state index in [9.17, 15) is 14.7 Å². The molecule has 2 aliphatic rings. The number of aryl methyl sites for hydroxylation is 2. The summed E-state index contributed by atoms with van der Waals surface area (Å²) in [7, 11) is 1.60. The van der Waals surface area contributed by atoms with Crippen LogP contribution in [-0.2, 0) is 22.4 Å². The van der Waals surface area contributed by atoms with E-state index in [1.54, 1.807) is 27.9 Å². The summed E-state index contributed by atoms with van der Waals surface area (Å²) in [6, 6.07) is 10.5. The van der Waals surface area contributed by atoms with Crippen molar-refractivity contribution in [1.29, 1.82) is 0 Å². The zero-order valence-corrected chi connectivity index (χ0v) is 22.2. The fourth-order valence-corrected chi connectivity index (χ4v) is 5.08. The molecule has 0 unspecified atom stereocenters. The van der Waals surface area contributed by atoms with Gasteiger partial charge in [-0.05, 0) is 70.2 Å². The number of carbonyl (C=O) groups excluding carboxylic acids is 1. The Kier molecular flexibility index (Phi) is 6.86. The minimum absolute atomic E-state index is 0.0955. The highest BCUT2D eigenvalue weighted by Crippen LogP contribution is 2.35. The molecule has 1 aliphatic carbocycles. The monoisotopic (exact) mass is 519 g/mol. The van der Waals surface area contributed by atoms with Crippen LogP contribution in [0.5, 0.6) is 11.5 Å². The first-order chi connectivity index (χ1) is 18.1. The second-order valence-corrected chi connectivity index (χ2v) is 10.9. The fraction of sp³-hybridized carbons (Fsp3) is 0.448. The predicted octanol–water partition coefficient (Wildman–Crippen LogP) is 5.03. The van der Waals surface area contributed by atoms with E-state index in [4.69, 9.17) is 24.2 Å². The summed E-state index contributed by atoms with van der Waals surface area (Å²) in [5.74, 6) is 0.118. The van der Waals surface area contributed by atoms with Crippen molar-refractivity contribution in [2.75, 3.05) is 13.7 Å². The van der Waals surface area contributed by atoms with Crippen molar-refractivity contribution >= 4 is 23.0 Å². The number of amides is 1. The van der Waals surface area contributed by atoms with Gasteiger partial charge in [0.05, 0.1) is 30.6 Å². The second kappa shape index (κ2) is 10.1. The number of hydrogen-bond donors (Lipinski definition) is 1. The Bertz CT molecular complexity index is 1380. The van der Waals surface area contributed by atoms with E-state index < -0.39 is 29.8 Å². The molecule has 0 saturated carbocycles. The Morgan fingerprint density at radius 2 is 1.82 bits per heavy atom. The zero-order chi connectivity index (χ0) is 27.0. The molecule has 2 aromatic heterocycles. The lowest BCUT2D eigenvalue weighted by Crippen LogP contribution is -2.43. The molecule has 0 radical (unpaired) electrons. The van der Waals surface area contributed by atoms with Gasteiger partial charge < -0.3 is 19.3 Å². The number of hydrogen-bond acceptors (Lipinski definition) is 7. The third kappa shape index (κ3) is 5.37. The van der Waals surface area contributed by atoms with Crippen molar-refractivity contribution in [3.05, 3.63) is 47.7 Å². The lowest BCUT2D eigenvalue weighted by Gasteiger charge is -2.26. The SMILES string of the molecule is COc1ccc2c(O[C@@H]3C[C@@H](C(=O)O)N(C(=O)OC(C)(C)C)C3)cc(-c3ccc4c(n3)CCCC4)nc2c1. The molecule has 3 heterocycles. The molecule has 38 heavy (non-hydrogen) atoms. The molecule has 9 heteroatoms.